The van der Waals surface area contributed by atoms with Crippen LogP contribution in [-0.4, -0.2) is 13.9 Å². The fourth-order valence-electron chi connectivity index (χ4n) is 2.97. The van der Waals surface area contributed by atoms with E-state index in [2.05, 4.69) is 0 Å². The summed E-state index contributed by atoms with van der Waals surface area (Å²) in [6, 6.07) is 19.9. The lowest BCUT2D eigenvalue weighted by Gasteiger charge is -2.20. The second-order valence-electron chi connectivity index (χ2n) is 6.59. The molecule has 0 bridgehead atoms. The summed E-state index contributed by atoms with van der Waals surface area (Å²) >= 11 is 0. The molecule has 2 N–H and O–H groups in total. The molecule has 0 saturated carbocycles. The van der Waals surface area contributed by atoms with Gasteiger partial charge in [-0.3, -0.25) is 0 Å². The molecule has 29 heavy (non-hydrogen) atoms. The van der Waals surface area contributed by atoms with Crippen molar-refractivity contribution in [3.8, 4) is 11.5 Å². The summed E-state index contributed by atoms with van der Waals surface area (Å²) in [5, 5.41) is 1.80. The molecule has 0 heterocycles. The molecule has 3 aromatic carbocycles. The Kier molecular flexibility index (Phi) is 8.32. The Morgan fingerprint density at radius 3 is 2.45 bits per heavy atom. The van der Waals surface area contributed by atoms with Crippen LogP contribution >= 0.6 is 12.4 Å². The number of halogens is 1. The number of rotatable bonds is 9. The van der Waals surface area contributed by atoms with E-state index in [1.807, 2.05) is 37.3 Å². The van der Waals surface area contributed by atoms with Crippen LogP contribution in [-0.2, 0) is 16.7 Å². The Balaban J connectivity index is 0.00000300. The van der Waals surface area contributed by atoms with Crippen molar-refractivity contribution < 1.29 is 17.3 Å². The quantitative estimate of drug-likeness (QED) is 0.477. The monoisotopic (exact) mass is 435 g/mol. The summed E-state index contributed by atoms with van der Waals surface area (Å²) in [6.07, 6.45) is 1.92. The normalized spacial score (nSPS) is 12.2. The summed E-state index contributed by atoms with van der Waals surface area (Å²) in [4.78, 5) is 0. The molecule has 0 aliphatic rings. The van der Waals surface area contributed by atoms with Crippen LogP contribution < -0.4 is 14.7 Å². The summed E-state index contributed by atoms with van der Waals surface area (Å²) < 4.78 is 37.1. The van der Waals surface area contributed by atoms with E-state index in [0.29, 0.717) is 25.1 Å². The van der Waals surface area contributed by atoms with E-state index >= 15 is 0 Å². The van der Waals surface area contributed by atoms with Crippen LogP contribution in [0, 0.1) is 0 Å². The van der Waals surface area contributed by atoms with Gasteiger partial charge >= 0.3 is 10.1 Å². The predicted octanol–water partition coefficient (Wildman–Crippen LogP) is 5.02. The second kappa shape index (κ2) is 10.5. The van der Waals surface area contributed by atoms with Crippen LogP contribution in [0.2, 0.25) is 0 Å². The van der Waals surface area contributed by atoms with E-state index in [-0.39, 0.29) is 18.2 Å². The molecule has 0 spiro atoms. The van der Waals surface area contributed by atoms with E-state index < -0.39 is 15.6 Å². The molecular weight excluding hydrogens is 410 g/mol. The molecule has 0 radical (unpaired) electrons. The molecular formula is C22H26ClNO4S. The molecule has 5 nitrogen and oxygen atoms in total. The average molecular weight is 436 g/mol. The Morgan fingerprint density at radius 2 is 1.76 bits per heavy atom. The summed E-state index contributed by atoms with van der Waals surface area (Å²) in [5.74, 6) is 0.792. The van der Waals surface area contributed by atoms with Crippen LogP contribution in [0.5, 0.6) is 11.5 Å². The molecule has 156 valence electrons. The fourth-order valence-corrected chi connectivity index (χ4v) is 4.14. The first-order valence-corrected chi connectivity index (χ1v) is 10.9. The van der Waals surface area contributed by atoms with Gasteiger partial charge in [0.15, 0.2) is 0 Å². The summed E-state index contributed by atoms with van der Waals surface area (Å²) in [5.41, 5.74) is 5.63. The van der Waals surface area contributed by atoms with Crippen LogP contribution in [0.1, 0.15) is 31.7 Å². The molecule has 3 rings (SSSR count). The molecule has 0 amide bonds. The molecule has 0 aliphatic heterocycles. The standard InChI is InChI=1S/C22H25NO4S.ClH/c1-2-3-12-22(28(24,25)27-19-9-5-4-6-10-19)26-21-11-7-8-18-15-17(16-23)13-14-20(18)21;/h4-11,13-15,22H,2-3,12,16,23H2,1H3;1H. The van der Waals surface area contributed by atoms with Crippen molar-refractivity contribution in [2.24, 2.45) is 5.73 Å². The number of unbranched alkanes of at least 4 members (excludes halogenated alkanes) is 1. The van der Waals surface area contributed by atoms with Gasteiger partial charge in [0.05, 0.1) is 0 Å². The third-order valence-electron chi connectivity index (χ3n) is 4.47. The average Bonchev–Trinajstić information content (AvgIpc) is 2.71. The van der Waals surface area contributed by atoms with Gasteiger partial charge in [0.2, 0.25) is 5.44 Å². The van der Waals surface area contributed by atoms with E-state index in [4.69, 9.17) is 14.7 Å². The highest BCUT2D eigenvalue weighted by atomic mass is 35.5. The molecule has 0 fully saturated rings. The van der Waals surface area contributed by atoms with Gasteiger partial charge in [-0.15, -0.1) is 12.4 Å². The number of hydrogen-bond acceptors (Lipinski definition) is 5. The topological polar surface area (TPSA) is 78.6 Å². The second-order valence-corrected chi connectivity index (χ2v) is 8.27. The molecule has 3 aromatic rings. The van der Waals surface area contributed by atoms with Gasteiger partial charge in [-0.05, 0) is 41.6 Å². The minimum absolute atomic E-state index is 0. The van der Waals surface area contributed by atoms with Crippen molar-refractivity contribution in [3.05, 3.63) is 72.3 Å². The lowest BCUT2D eigenvalue weighted by Crippen LogP contribution is -2.31. The fraction of sp³-hybridized carbons (Fsp3) is 0.273. The molecule has 1 unspecified atom stereocenters. The zero-order chi connectivity index (χ0) is 20.0. The highest BCUT2D eigenvalue weighted by Crippen LogP contribution is 2.29. The number of nitrogens with two attached hydrogens (primary N) is 1. The summed E-state index contributed by atoms with van der Waals surface area (Å²) in [6.45, 7) is 2.45. The Hall–Kier alpha value is -2.28. The van der Waals surface area contributed by atoms with Gasteiger partial charge in [0.1, 0.15) is 11.5 Å². The number of ether oxygens (including phenoxy) is 1. The minimum Gasteiger partial charge on any atom is -0.470 e. The number of hydrogen-bond donors (Lipinski definition) is 1. The van der Waals surface area contributed by atoms with Gasteiger partial charge in [0, 0.05) is 18.4 Å². The zero-order valence-corrected chi connectivity index (χ0v) is 17.9. The highest BCUT2D eigenvalue weighted by Gasteiger charge is 2.29. The Labute approximate surface area is 178 Å². The van der Waals surface area contributed by atoms with E-state index in [0.717, 1.165) is 22.8 Å². The van der Waals surface area contributed by atoms with Crippen LogP contribution in [0.4, 0.5) is 0 Å². The first-order chi connectivity index (χ1) is 13.5. The lowest BCUT2D eigenvalue weighted by molar-refractivity contribution is 0.248. The van der Waals surface area contributed by atoms with Crippen molar-refractivity contribution in [1.82, 2.24) is 0 Å². The van der Waals surface area contributed by atoms with Crippen molar-refractivity contribution in [2.75, 3.05) is 0 Å². The maximum Gasteiger partial charge on any atom is 0.347 e. The first kappa shape index (κ1) is 23.0. The van der Waals surface area contributed by atoms with Crippen molar-refractivity contribution in [1.29, 1.82) is 0 Å². The zero-order valence-electron chi connectivity index (χ0n) is 16.3. The van der Waals surface area contributed by atoms with Crippen molar-refractivity contribution in [2.45, 2.75) is 38.2 Å². The minimum atomic E-state index is -3.97. The third-order valence-corrected chi connectivity index (χ3v) is 5.87. The number of benzene rings is 3. The van der Waals surface area contributed by atoms with Gasteiger partial charge in [-0.25, -0.2) is 0 Å². The summed E-state index contributed by atoms with van der Waals surface area (Å²) in [7, 11) is -3.97. The molecule has 0 saturated heterocycles. The molecule has 1 atom stereocenters. The molecule has 7 heteroatoms. The number of fused-ring (bicyclic) bond motifs is 1. The maximum absolute atomic E-state index is 12.9. The third kappa shape index (κ3) is 5.85. The van der Waals surface area contributed by atoms with Crippen LogP contribution in [0.15, 0.2) is 66.7 Å². The first-order valence-electron chi connectivity index (χ1n) is 9.40. The Bertz CT molecular complexity index is 1030. The molecule has 0 aliphatic carbocycles. The smallest absolute Gasteiger partial charge is 0.347 e. The van der Waals surface area contributed by atoms with Crippen LogP contribution in [0.3, 0.4) is 0 Å². The predicted molar refractivity (Wildman–Crippen MR) is 119 cm³/mol. The maximum atomic E-state index is 12.9. The van der Waals surface area contributed by atoms with Gasteiger partial charge < -0.3 is 14.7 Å². The highest BCUT2D eigenvalue weighted by molar-refractivity contribution is 7.87. The van der Waals surface area contributed by atoms with Crippen molar-refractivity contribution in [3.63, 3.8) is 0 Å². The molecule has 0 aromatic heterocycles. The van der Waals surface area contributed by atoms with E-state index in [9.17, 15) is 8.42 Å². The SMILES string of the molecule is CCCCC(Oc1cccc2cc(CN)ccc12)S(=O)(=O)Oc1ccccc1.Cl. The van der Waals surface area contributed by atoms with Gasteiger partial charge in [-0.1, -0.05) is 55.8 Å². The largest absolute Gasteiger partial charge is 0.470 e. The van der Waals surface area contributed by atoms with Gasteiger partial charge in [-0.2, -0.15) is 8.42 Å². The van der Waals surface area contributed by atoms with Crippen molar-refractivity contribution >= 4 is 33.3 Å². The number of para-hydroxylation sites is 1. The Morgan fingerprint density at radius 1 is 1.00 bits per heavy atom. The van der Waals surface area contributed by atoms with E-state index in [1.165, 1.54) is 0 Å². The lowest BCUT2D eigenvalue weighted by atomic mass is 10.1. The van der Waals surface area contributed by atoms with Gasteiger partial charge in [0.25, 0.3) is 0 Å². The van der Waals surface area contributed by atoms with E-state index in [1.54, 1.807) is 36.4 Å². The van der Waals surface area contributed by atoms with Crippen LogP contribution in [0.25, 0.3) is 10.8 Å².